The molecule has 0 unspecified atom stereocenters. The molecule has 3 heteroatoms. The lowest BCUT2D eigenvalue weighted by Gasteiger charge is -2.11. The van der Waals surface area contributed by atoms with Gasteiger partial charge in [-0.15, -0.1) is 0 Å². The van der Waals surface area contributed by atoms with E-state index in [1.54, 1.807) is 0 Å². The summed E-state index contributed by atoms with van der Waals surface area (Å²) in [6.45, 7) is 2.25. The Bertz CT molecular complexity index is 540. The molecule has 1 heterocycles. The number of ether oxygens (including phenoxy) is 2. The van der Waals surface area contributed by atoms with E-state index in [4.69, 9.17) is 9.47 Å². The molecule has 0 saturated heterocycles. The van der Waals surface area contributed by atoms with Crippen LogP contribution in [0.25, 0.3) is 0 Å². The molecule has 0 spiro atoms. The van der Waals surface area contributed by atoms with Crippen molar-refractivity contribution in [1.29, 1.82) is 0 Å². The van der Waals surface area contributed by atoms with Crippen molar-refractivity contribution >= 4 is 5.69 Å². The zero-order valence-corrected chi connectivity index (χ0v) is 10.8. The van der Waals surface area contributed by atoms with Crippen LogP contribution in [0.4, 0.5) is 5.69 Å². The first-order chi connectivity index (χ1) is 9.42. The van der Waals surface area contributed by atoms with Crippen LogP contribution in [-0.2, 0) is 6.54 Å². The van der Waals surface area contributed by atoms with Gasteiger partial charge in [0.05, 0.1) is 13.2 Å². The van der Waals surface area contributed by atoms with Gasteiger partial charge in [0, 0.05) is 24.7 Å². The minimum absolute atomic E-state index is 0.717. The van der Waals surface area contributed by atoms with Crippen LogP contribution in [0.1, 0.15) is 12.0 Å². The van der Waals surface area contributed by atoms with Crippen molar-refractivity contribution in [2.24, 2.45) is 0 Å². The number of hydrogen-bond donors (Lipinski definition) is 1. The fraction of sp³-hybridized carbons (Fsp3) is 0.250. The summed E-state index contributed by atoms with van der Waals surface area (Å²) in [4.78, 5) is 0. The highest BCUT2D eigenvalue weighted by Gasteiger charge is 2.10. The molecular weight excluding hydrogens is 238 g/mol. The molecule has 0 amide bonds. The van der Waals surface area contributed by atoms with E-state index in [0.29, 0.717) is 0 Å². The summed E-state index contributed by atoms with van der Waals surface area (Å²) in [7, 11) is 0. The first kappa shape index (κ1) is 11.9. The van der Waals surface area contributed by atoms with Crippen LogP contribution in [0.15, 0.2) is 48.5 Å². The smallest absolute Gasteiger partial charge is 0.163 e. The van der Waals surface area contributed by atoms with E-state index in [1.807, 2.05) is 36.4 Å². The zero-order chi connectivity index (χ0) is 12.9. The molecule has 1 aliphatic heterocycles. The molecule has 0 atom stereocenters. The average molecular weight is 255 g/mol. The molecule has 19 heavy (non-hydrogen) atoms. The van der Waals surface area contributed by atoms with Gasteiger partial charge >= 0.3 is 0 Å². The Kier molecular flexibility index (Phi) is 3.54. The molecular formula is C16H17NO2. The Morgan fingerprint density at radius 2 is 1.68 bits per heavy atom. The molecule has 2 aromatic carbocycles. The lowest BCUT2D eigenvalue weighted by atomic mass is 10.2. The fourth-order valence-electron chi connectivity index (χ4n) is 2.07. The second kappa shape index (κ2) is 5.65. The molecule has 98 valence electrons. The predicted octanol–water partition coefficient (Wildman–Crippen LogP) is 3.46. The van der Waals surface area contributed by atoms with Gasteiger partial charge in [-0.25, -0.2) is 0 Å². The highest BCUT2D eigenvalue weighted by Crippen LogP contribution is 2.32. The van der Waals surface area contributed by atoms with E-state index in [9.17, 15) is 0 Å². The van der Waals surface area contributed by atoms with Gasteiger partial charge < -0.3 is 14.8 Å². The molecule has 0 fully saturated rings. The molecule has 3 nitrogen and oxygen atoms in total. The molecule has 0 saturated carbocycles. The fourth-order valence-corrected chi connectivity index (χ4v) is 2.07. The molecule has 0 bridgehead atoms. The first-order valence-corrected chi connectivity index (χ1v) is 6.59. The summed E-state index contributed by atoms with van der Waals surface area (Å²) in [5, 5.41) is 3.40. The highest BCUT2D eigenvalue weighted by atomic mass is 16.5. The Balaban J connectivity index is 1.70. The van der Waals surface area contributed by atoms with Crippen LogP contribution >= 0.6 is 0 Å². The van der Waals surface area contributed by atoms with E-state index in [0.717, 1.165) is 43.4 Å². The summed E-state index contributed by atoms with van der Waals surface area (Å²) < 4.78 is 11.3. The Labute approximate surface area is 113 Å². The van der Waals surface area contributed by atoms with Crippen molar-refractivity contribution in [3.63, 3.8) is 0 Å². The molecule has 3 rings (SSSR count). The van der Waals surface area contributed by atoms with Crippen molar-refractivity contribution in [2.75, 3.05) is 18.5 Å². The number of hydrogen-bond acceptors (Lipinski definition) is 3. The van der Waals surface area contributed by atoms with Crippen LogP contribution in [0.5, 0.6) is 11.5 Å². The maximum Gasteiger partial charge on any atom is 0.163 e. The van der Waals surface area contributed by atoms with E-state index in [-0.39, 0.29) is 0 Å². The minimum Gasteiger partial charge on any atom is -0.490 e. The number of nitrogens with one attached hydrogen (secondary N) is 1. The van der Waals surface area contributed by atoms with Gasteiger partial charge in [0.25, 0.3) is 0 Å². The third-order valence-electron chi connectivity index (χ3n) is 3.09. The minimum atomic E-state index is 0.717. The Hall–Kier alpha value is -2.16. The maximum absolute atomic E-state index is 5.68. The highest BCUT2D eigenvalue weighted by molar-refractivity contribution is 5.55. The van der Waals surface area contributed by atoms with Gasteiger partial charge in [-0.1, -0.05) is 30.3 Å². The van der Waals surface area contributed by atoms with Gasteiger partial charge in [-0.3, -0.25) is 0 Å². The summed E-state index contributed by atoms with van der Waals surface area (Å²) in [6.07, 6.45) is 0.932. The van der Waals surface area contributed by atoms with Crippen LogP contribution in [0, 0.1) is 0 Å². The summed E-state index contributed by atoms with van der Waals surface area (Å²) in [6, 6.07) is 16.3. The lowest BCUT2D eigenvalue weighted by Crippen LogP contribution is -2.00. The summed E-state index contributed by atoms with van der Waals surface area (Å²) in [5.41, 5.74) is 2.31. The zero-order valence-electron chi connectivity index (χ0n) is 10.8. The molecule has 2 aromatic rings. The van der Waals surface area contributed by atoms with Crippen molar-refractivity contribution in [2.45, 2.75) is 13.0 Å². The molecule has 1 aliphatic rings. The first-order valence-electron chi connectivity index (χ1n) is 6.59. The lowest BCUT2D eigenvalue weighted by molar-refractivity contribution is 0.297. The molecule has 0 radical (unpaired) electrons. The van der Waals surface area contributed by atoms with Gasteiger partial charge in [0.2, 0.25) is 0 Å². The summed E-state index contributed by atoms with van der Waals surface area (Å²) >= 11 is 0. The largest absolute Gasteiger partial charge is 0.490 e. The molecule has 0 aliphatic carbocycles. The standard InChI is InChI=1S/C16H17NO2/c1-2-5-13(6-3-1)12-17-14-7-8-15-16(11-14)19-10-4-9-18-15/h1-3,5-8,11,17H,4,9-10,12H2. The SMILES string of the molecule is c1ccc(CNc2ccc3c(c2)OCCCO3)cc1. The van der Waals surface area contributed by atoms with Crippen LogP contribution in [0.2, 0.25) is 0 Å². The van der Waals surface area contributed by atoms with Gasteiger partial charge in [-0.2, -0.15) is 0 Å². The number of fused-ring (bicyclic) bond motifs is 1. The van der Waals surface area contributed by atoms with E-state index in [1.165, 1.54) is 5.56 Å². The van der Waals surface area contributed by atoms with Gasteiger partial charge in [0.15, 0.2) is 11.5 Å². The topological polar surface area (TPSA) is 30.5 Å². The Morgan fingerprint density at radius 1 is 0.895 bits per heavy atom. The van der Waals surface area contributed by atoms with Crippen molar-refractivity contribution < 1.29 is 9.47 Å². The van der Waals surface area contributed by atoms with Crippen molar-refractivity contribution in [3.05, 3.63) is 54.1 Å². The predicted molar refractivity (Wildman–Crippen MR) is 75.8 cm³/mol. The number of benzene rings is 2. The third-order valence-corrected chi connectivity index (χ3v) is 3.09. The second-order valence-electron chi connectivity index (χ2n) is 4.55. The normalized spacial score (nSPS) is 13.7. The Morgan fingerprint density at radius 3 is 2.53 bits per heavy atom. The van der Waals surface area contributed by atoms with Crippen LogP contribution in [-0.4, -0.2) is 13.2 Å². The van der Waals surface area contributed by atoms with Gasteiger partial charge in [0.1, 0.15) is 0 Å². The van der Waals surface area contributed by atoms with Crippen molar-refractivity contribution in [1.82, 2.24) is 0 Å². The van der Waals surface area contributed by atoms with Gasteiger partial charge in [-0.05, 0) is 17.7 Å². The van der Waals surface area contributed by atoms with Crippen molar-refractivity contribution in [3.8, 4) is 11.5 Å². The van der Waals surface area contributed by atoms with E-state index < -0.39 is 0 Å². The number of rotatable bonds is 3. The van der Waals surface area contributed by atoms with E-state index in [2.05, 4.69) is 17.4 Å². The molecule has 1 N–H and O–H groups in total. The third kappa shape index (κ3) is 2.99. The average Bonchev–Trinajstić information content (AvgIpc) is 2.71. The molecule has 0 aromatic heterocycles. The maximum atomic E-state index is 5.68. The second-order valence-corrected chi connectivity index (χ2v) is 4.55. The summed E-state index contributed by atoms with van der Waals surface area (Å²) in [5.74, 6) is 1.67. The van der Waals surface area contributed by atoms with E-state index >= 15 is 0 Å². The quantitative estimate of drug-likeness (QED) is 0.911. The van der Waals surface area contributed by atoms with Crippen LogP contribution in [0.3, 0.4) is 0 Å². The number of anilines is 1. The van der Waals surface area contributed by atoms with Crippen LogP contribution < -0.4 is 14.8 Å². The monoisotopic (exact) mass is 255 g/mol.